The van der Waals surface area contributed by atoms with Crippen LogP contribution in [0.1, 0.15) is 43.9 Å². The van der Waals surface area contributed by atoms with Crippen LogP contribution in [0.3, 0.4) is 0 Å². The first kappa shape index (κ1) is 23.4. The van der Waals surface area contributed by atoms with Crippen LogP contribution in [0.2, 0.25) is 0 Å². The third kappa shape index (κ3) is 6.22. The van der Waals surface area contributed by atoms with Gasteiger partial charge in [-0.3, -0.25) is 0 Å². The van der Waals surface area contributed by atoms with Crippen molar-refractivity contribution in [2.45, 2.75) is 44.9 Å². The number of amides is 1. The van der Waals surface area contributed by atoms with Gasteiger partial charge in [-0.1, -0.05) is 42.5 Å². The minimum atomic E-state index is -0.342. The third-order valence-electron chi connectivity index (χ3n) is 6.98. The Morgan fingerprint density at radius 3 is 2.54 bits per heavy atom. The lowest BCUT2D eigenvalue weighted by Crippen LogP contribution is -2.38. The minimum Gasteiger partial charge on any atom is -0.445 e. The molecule has 0 aliphatic carbocycles. The highest BCUT2D eigenvalue weighted by Crippen LogP contribution is 2.28. The van der Waals surface area contributed by atoms with Crippen molar-refractivity contribution < 1.29 is 14.3 Å². The van der Waals surface area contributed by atoms with E-state index in [2.05, 4.69) is 45.8 Å². The van der Waals surface area contributed by atoms with Gasteiger partial charge < -0.3 is 19.7 Å². The molecule has 5 rings (SSSR count). The summed E-state index contributed by atoms with van der Waals surface area (Å²) in [5, 5.41) is 7.47. The highest BCUT2D eigenvalue weighted by atomic mass is 16.5. The molecule has 1 N–H and O–H groups in total. The van der Waals surface area contributed by atoms with E-state index in [1.54, 1.807) is 0 Å². The molecule has 1 aromatic heterocycles. The number of ether oxygens (including phenoxy) is 2. The summed E-state index contributed by atoms with van der Waals surface area (Å²) in [6, 6.07) is 18.5. The van der Waals surface area contributed by atoms with Crippen LogP contribution in [0.4, 0.5) is 10.5 Å². The highest BCUT2D eigenvalue weighted by Gasteiger charge is 2.21. The molecule has 2 fully saturated rings. The Bertz CT molecular complexity index is 1070. The summed E-state index contributed by atoms with van der Waals surface area (Å²) in [4.78, 5) is 14.5. The monoisotopic (exact) mass is 474 g/mol. The first-order valence-electron chi connectivity index (χ1n) is 12.7. The Labute approximate surface area is 207 Å². The van der Waals surface area contributed by atoms with Gasteiger partial charge in [-0.15, -0.1) is 0 Å². The van der Waals surface area contributed by atoms with Crippen LogP contribution < -0.4 is 10.2 Å². The molecular formula is C28H34N4O3. The molecule has 0 spiro atoms. The van der Waals surface area contributed by atoms with E-state index in [9.17, 15) is 4.79 Å². The van der Waals surface area contributed by atoms with Crippen molar-refractivity contribution in [3.8, 4) is 11.1 Å². The Morgan fingerprint density at radius 1 is 1.00 bits per heavy atom. The Hall–Kier alpha value is -3.32. The number of anilines is 1. The number of piperidine rings is 1. The smallest absolute Gasteiger partial charge is 0.407 e. The van der Waals surface area contributed by atoms with E-state index in [-0.39, 0.29) is 12.3 Å². The van der Waals surface area contributed by atoms with Gasteiger partial charge in [0.2, 0.25) is 0 Å². The van der Waals surface area contributed by atoms with Crippen LogP contribution in [-0.2, 0) is 16.1 Å². The van der Waals surface area contributed by atoms with Gasteiger partial charge in [0, 0.05) is 43.7 Å². The average Bonchev–Trinajstić information content (AvgIpc) is 3.43. The van der Waals surface area contributed by atoms with Crippen LogP contribution in [0.15, 0.2) is 67.0 Å². The number of hydrogen-bond donors (Lipinski definition) is 1. The van der Waals surface area contributed by atoms with Gasteiger partial charge in [0.25, 0.3) is 0 Å². The van der Waals surface area contributed by atoms with E-state index in [1.165, 1.54) is 17.7 Å². The predicted molar refractivity (Wildman–Crippen MR) is 136 cm³/mol. The van der Waals surface area contributed by atoms with E-state index in [1.807, 2.05) is 41.2 Å². The van der Waals surface area contributed by atoms with E-state index in [0.717, 1.165) is 56.5 Å². The summed E-state index contributed by atoms with van der Waals surface area (Å²) in [6.45, 7) is 3.76. The molecule has 3 aromatic rings. The summed E-state index contributed by atoms with van der Waals surface area (Å²) in [5.74, 6) is 0.475. The fourth-order valence-corrected chi connectivity index (χ4v) is 4.84. The molecule has 184 valence electrons. The molecule has 1 amide bonds. The van der Waals surface area contributed by atoms with Crippen molar-refractivity contribution >= 4 is 11.8 Å². The predicted octanol–water partition coefficient (Wildman–Crippen LogP) is 5.39. The molecule has 35 heavy (non-hydrogen) atoms. The Balaban J connectivity index is 1.06. The molecule has 7 heteroatoms. The van der Waals surface area contributed by atoms with Crippen LogP contribution >= 0.6 is 0 Å². The Kier molecular flexibility index (Phi) is 7.63. The first-order valence-corrected chi connectivity index (χ1v) is 12.7. The second-order valence-electron chi connectivity index (χ2n) is 9.45. The SMILES string of the molecule is O=C(NCC1CCN(c2ccc(-c3cnn(C4CCCCO4)c3)cc2)CC1)OCc1ccccc1. The second-order valence-corrected chi connectivity index (χ2v) is 9.45. The fraction of sp³-hybridized carbons (Fsp3) is 0.429. The van der Waals surface area contributed by atoms with Crippen molar-refractivity contribution in [3.05, 3.63) is 72.6 Å². The zero-order chi connectivity index (χ0) is 23.9. The molecule has 0 radical (unpaired) electrons. The van der Waals surface area contributed by atoms with Gasteiger partial charge in [-0.25, -0.2) is 9.48 Å². The van der Waals surface area contributed by atoms with Gasteiger partial charge >= 0.3 is 6.09 Å². The standard InChI is InChI=1S/C28H34N4O3/c33-28(35-21-23-6-2-1-3-7-23)29-18-22-13-15-31(16-14-22)26-11-9-24(10-12-26)25-19-30-32(20-25)27-8-4-5-17-34-27/h1-3,6-7,9-12,19-20,22,27H,4-5,8,13-18,21H2,(H,29,33). The topological polar surface area (TPSA) is 68.6 Å². The molecule has 1 unspecified atom stereocenters. The molecule has 3 heterocycles. The molecule has 0 bridgehead atoms. The van der Waals surface area contributed by atoms with Crippen molar-refractivity contribution in [1.82, 2.24) is 15.1 Å². The largest absolute Gasteiger partial charge is 0.445 e. The summed E-state index contributed by atoms with van der Waals surface area (Å²) in [6.07, 6.45) is 9.21. The van der Waals surface area contributed by atoms with Crippen LogP contribution in [0.25, 0.3) is 11.1 Å². The lowest BCUT2D eigenvalue weighted by atomic mass is 9.96. The lowest BCUT2D eigenvalue weighted by molar-refractivity contribution is -0.0394. The fourth-order valence-electron chi connectivity index (χ4n) is 4.84. The summed E-state index contributed by atoms with van der Waals surface area (Å²) >= 11 is 0. The van der Waals surface area contributed by atoms with Gasteiger partial charge in [-0.05, 0) is 61.3 Å². The van der Waals surface area contributed by atoms with Gasteiger partial charge in [0.05, 0.1) is 6.20 Å². The number of nitrogens with zero attached hydrogens (tertiary/aromatic N) is 3. The molecule has 2 aliphatic heterocycles. The van der Waals surface area contributed by atoms with Gasteiger partial charge in [0.15, 0.2) is 0 Å². The molecule has 0 saturated carbocycles. The maximum Gasteiger partial charge on any atom is 0.407 e. The summed E-state index contributed by atoms with van der Waals surface area (Å²) in [7, 11) is 0. The van der Waals surface area contributed by atoms with Crippen LogP contribution in [0.5, 0.6) is 0 Å². The number of carbonyl (C=O) groups excluding carboxylic acids is 1. The van der Waals surface area contributed by atoms with E-state index >= 15 is 0 Å². The maximum atomic E-state index is 12.0. The van der Waals surface area contributed by atoms with Crippen molar-refractivity contribution in [3.63, 3.8) is 0 Å². The number of aromatic nitrogens is 2. The van der Waals surface area contributed by atoms with Crippen molar-refractivity contribution in [2.75, 3.05) is 31.1 Å². The van der Waals surface area contributed by atoms with E-state index in [0.29, 0.717) is 19.1 Å². The summed E-state index contributed by atoms with van der Waals surface area (Å²) in [5.41, 5.74) is 4.53. The molecular weight excluding hydrogens is 440 g/mol. The highest BCUT2D eigenvalue weighted by molar-refractivity contribution is 5.67. The van der Waals surface area contributed by atoms with Crippen LogP contribution in [0, 0.1) is 5.92 Å². The quantitative estimate of drug-likeness (QED) is 0.497. The first-order chi connectivity index (χ1) is 17.2. The van der Waals surface area contributed by atoms with Gasteiger partial charge in [-0.2, -0.15) is 5.10 Å². The average molecular weight is 475 g/mol. The molecule has 1 atom stereocenters. The zero-order valence-electron chi connectivity index (χ0n) is 20.1. The Morgan fingerprint density at radius 2 is 1.80 bits per heavy atom. The number of alkyl carbamates (subject to hydrolysis) is 1. The van der Waals surface area contributed by atoms with Gasteiger partial charge in [0.1, 0.15) is 12.8 Å². The third-order valence-corrected chi connectivity index (χ3v) is 6.98. The molecule has 2 saturated heterocycles. The zero-order valence-corrected chi connectivity index (χ0v) is 20.1. The molecule has 7 nitrogen and oxygen atoms in total. The number of nitrogens with one attached hydrogen (secondary N) is 1. The number of benzene rings is 2. The van der Waals surface area contributed by atoms with E-state index in [4.69, 9.17) is 9.47 Å². The van der Waals surface area contributed by atoms with Crippen molar-refractivity contribution in [1.29, 1.82) is 0 Å². The number of rotatable bonds is 7. The van der Waals surface area contributed by atoms with Crippen molar-refractivity contribution in [2.24, 2.45) is 5.92 Å². The molecule has 2 aromatic carbocycles. The normalized spacial score (nSPS) is 18.9. The minimum absolute atomic E-state index is 0.0678. The summed E-state index contributed by atoms with van der Waals surface area (Å²) < 4.78 is 13.1. The maximum absolute atomic E-state index is 12.0. The number of carbonyl (C=O) groups is 1. The van der Waals surface area contributed by atoms with Crippen LogP contribution in [-0.4, -0.2) is 42.1 Å². The second kappa shape index (κ2) is 11.4. The lowest BCUT2D eigenvalue weighted by Gasteiger charge is -2.33. The van der Waals surface area contributed by atoms with E-state index < -0.39 is 0 Å². The number of hydrogen-bond acceptors (Lipinski definition) is 5. The molecule has 2 aliphatic rings.